The molecule has 2 rings (SSSR count). The molecule has 1 amide bonds. The van der Waals surface area contributed by atoms with E-state index in [1.54, 1.807) is 11.3 Å². The molecule has 5 nitrogen and oxygen atoms in total. The molecule has 0 fully saturated rings. The maximum Gasteiger partial charge on any atom is 0.227 e. The quantitative estimate of drug-likeness (QED) is 0.690. The third-order valence-electron chi connectivity index (χ3n) is 3.96. The first-order valence-electron chi connectivity index (χ1n) is 8.31. The van der Waals surface area contributed by atoms with Crippen LogP contribution in [-0.2, 0) is 11.2 Å². The average Bonchev–Trinajstić information content (AvgIpc) is 3.23. The molecular weight excluding hydrogens is 310 g/mol. The molecule has 0 spiro atoms. The molecule has 0 aliphatic heterocycles. The van der Waals surface area contributed by atoms with E-state index < -0.39 is 0 Å². The van der Waals surface area contributed by atoms with Crippen molar-refractivity contribution in [2.45, 2.75) is 58.9 Å². The fourth-order valence-electron chi connectivity index (χ4n) is 2.36. The predicted molar refractivity (Wildman–Crippen MR) is 92.3 cm³/mol. The van der Waals surface area contributed by atoms with Crippen LogP contribution >= 0.6 is 11.3 Å². The summed E-state index contributed by atoms with van der Waals surface area (Å²) < 4.78 is 5.26. The molecule has 23 heavy (non-hydrogen) atoms. The van der Waals surface area contributed by atoms with Crippen LogP contribution in [0.4, 0.5) is 0 Å². The van der Waals surface area contributed by atoms with Crippen LogP contribution in [0.25, 0.3) is 10.7 Å². The lowest BCUT2D eigenvalue weighted by molar-refractivity contribution is -0.133. The fraction of sp³-hybridized carbons (Fsp3) is 0.588. The van der Waals surface area contributed by atoms with Gasteiger partial charge in [0.15, 0.2) is 0 Å². The van der Waals surface area contributed by atoms with E-state index >= 15 is 0 Å². The summed E-state index contributed by atoms with van der Waals surface area (Å²) in [4.78, 5) is 19.8. The van der Waals surface area contributed by atoms with Crippen molar-refractivity contribution in [3.63, 3.8) is 0 Å². The van der Waals surface area contributed by atoms with Gasteiger partial charge >= 0.3 is 0 Å². The Hall–Kier alpha value is -1.69. The zero-order valence-electron chi connectivity index (χ0n) is 14.1. The van der Waals surface area contributed by atoms with Crippen LogP contribution in [0.15, 0.2) is 22.0 Å². The van der Waals surface area contributed by atoms with E-state index in [-0.39, 0.29) is 11.9 Å². The Morgan fingerprint density at radius 1 is 1.43 bits per heavy atom. The maximum absolute atomic E-state index is 12.5. The van der Waals surface area contributed by atoms with Crippen LogP contribution < -0.4 is 0 Å². The van der Waals surface area contributed by atoms with E-state index in [0.717, 1.165) is 30.7 Å². The van der Waals surface area contributed by atoms with Gasteiger partial charge in [0.1, 0.15) is 0 Å². The predicted octanol–water partition coefficient (Wildman–Crippen LogP) is 4.16. The number of rotatable bonds is 9. The molecule has 2 aromatic rings. The topological polar surface area (TPSA) is 59.2 Å². The second kappa shape index (κ2) is 8.82. The first kappa shape index (κ1) is 17.7. The molecule has 0 radical (unpaired) electrons. The number of aryl methyl sites for hydroxylation is 1. The molecule has 0 aromatic carbocycles. The van der Waals surface area contributed by atoms with Crippen molar-refractivity contribution in [2.75, 3.05) is 6.54 Å². The second-order valence-corrected chi connectivity index (χ2v) is 6.63. The van der Waals surface area contributed by atoms with E-state index in [2.05, 4.69) is 30.9 Å². The standard InChI is InChI=1S/C17H25N3O2S/c1-4-6-11-20(13(3)5-2)16(21)10-9-15-18-17(19-22-15)14-8-7-12-23-14/h7-8,12-13H,4-6,9-11H2,1-3H3. The van der Waals surface area contributed by atoms with Gasteiger partial charge in [-0.05, 0) is 31.2 Å². The highest BCUT2D eigenvalue weighted by molar-refractivity contribution is 7.13. The lowest BCUT2D eigenvalue weighted by Gasteiger charge is -2.28. The number of hydrogen-bond donors (Lipinski definition) is 0. The summed E-state index contributed by atoms with van der Waals surface area (Å²) in [6.45, 7) is 7.19. The molecule has 126 valence electrons. The Morgan fingerprint density at radius 3 is 2.91 bits per heavy atom. The van der Waals surface area contributed by atoms with Crippen molar-refractivity contribution < 1.29 is 9.32 Å². The highest BCUT2D eigenvalue weighted by Gasteiger charge is 2.19. The summed E-state index contributed by atoms with van der Waals surface area (Å²) >= 11 is 1.57. The van der Waals surface area contributed by atoms with Gasteiger partial charge in [0.25, 0.3) is 0 Å². The number of unbranched alkanes of at least 4 members (excludes halogenated alkanes) is 1. The van der Waals surface area contributed by atoms with Crippen LogP contribution in [0, 0.1) is 0 Å². The monoisotopic (exact) mass is 335 g/mol. The van der Waals surface area contributed by atoms with Crippen molar-refractivity contribution in [1.29, 1.82) is 0 Å². The van der Waals surface area contributed by atoms with Crippen LogP contribution in [0.5, 0.6) is 0 Å². The number of amides is 1. The zero-order chi connectivity index (χ0) is 16.7. The smallest absolute Gasteiger partial charge is 0.227 e. The molecular formula is C17H25N3O2S. The van der Waals surface area contributed by atoms with Gasteiger partial charge in [-0.1, -0.05) is 31.5 Å². The van der Waals surface area contributed by atoms with Gasteiger partial charge in [-0.25, -0.2) is 0 Å². The van der Waals surface area contributed by atoms with E-state index in [1.165, 1.54) is 0 Å². The van der Waals surface area contributed by atoms with Crippen LogP contribution in [0.3, 0.4) is 0 Å². The van der Waals surface area contributed by atoms with Crippen molar-refractivity contribution in [3.05, 3.63) is 23.4 Å². The largest absolute Gasteiger partial charge is 0.340 e. The number of thiophene rings is 1. The molecule has 0 N–H and O–H groups in total. The number of aromatic nitrogens is 2. The summed E-state index contributed by atoms with van der Waals surface area (Å²) in [5.74, 6) is 1.30. The third-order valence-corrected chi connectivity index (χ3v) is 4.82. The molecule has 0 saturated carbocycles. The molecule has 0 aliphatic carbocycles. The van der Waals surface area contributed by atoms with Gasteiger partial charge in [-0.2, -0.15) is 4.98 Å². The van der Waals surface area contributed by atoms with Gasteiger partial charge in [0.2, 0.25) is 17.6 Å². The summed E-state index contributed by atoms with van der Waals surface area (Å²) in [5, 5.41) is 5.96. The number of nitrogens with zero attached hydrogens (tertiary/aromatic N) is 3. The third kappa shape index (κ3) is 4.89. The molecule has 0 bridgehead atoms. The second-order valence-electron chi connectivity index (χ2n) is 5.69. The number of carbonyl (C=O) groups excluding carboxylic acids is 1. The first-order chi connectivity index (χ1) is 11.2. The Balaban J connectivity index is 1.91. The molecule has 0 saturated heterocycles. The Bertz CT molecular complexity index is 595. The molecule has 6 heteroatoms. The molecule has 2 heterocycles. The van der Waals surface area contributed by atoms with Crippen LogP contribution in [-0.4, -0.2) is 33.5 Å². The lowest BCUT2D eigenvalue weighted by atomic mass is 10.1. The van der Waals surface area contributed by atoms with E-state index in [4.69, 9.17) is 4.52 Å². The van der Waals surface area contributed by atoms with Crippen molar-refractivity contribution in [2.24, 2.45) is 0 Å². The van der Waals surface area contributed by atoms with Crippen LogP contribution in [0.2, 0.25) is 0 Å². The SMILES string of the molecule is CCCCN(C(=O)CCc1nc(-c2cccs2)no1)C(C)CC. The fourth-order valence-corrected chi connectivity index (χ4v) is 3.01. The van der Waals surface area contributed by atoms with Crippen molar-refractivity contribution in [1.82, 2.24) is 15.0 Å². The van der Waals surface area contributed by atoms with Gasteiger partial charge in [0.05, 0.1) is 4.88 Å². The van der Waals surface area contributed by atoms with Crippen LogP contribution in [0.1, 0.15) is 52.3 Å². The highest BCUT2D eigenvalue weighted by atomic mass is 32.1. The molecule has 2 aromatic heterocycles. The van der Waals surface area contributed by atoms with E-state index in [1.807, 2.05) is 22.4 Å². The summed E-state index contributed by atoms with van der Waals surface area (Å²) in [7, 11) is 0. The Labute approximate surface area is 141 Å². The van der Waals surface area contributed by atoms with E-state index in [9.17, 15) is 4.79 Å². The molecule has 1 unspecified atom stereocenters. The molecule has 1 atom stereocenters. The van der Waals surface area contributed by atoms with Crippen molar-refractivity contribution >= 4 is 17.2 Å². The average molecular weight is 335 g/mol. The summed E-state index contributed by atoms with van der Waals surface area (Å²) in [5.41, 5.74) is 0. The normalized spacial score (nSPS) is 12.3. The maximum atomic E-state index is 12.5. The highest BCUT2D eigenvalue weighted by Crippen LogP contribution is 2.21. The Kier molecular flexibility index (Phi) is 6.77. The Morgan fingerprint density at radius 2 is 2.26 bits per heavy atom. The minimum Gasteiger partial charge on any atom is -0.340 e. The summed E-state index contributed by atoms with van der Waals surface area (Å²) in [6, 6.07) is 4.19. The summed E-state index contributed by atoms with van der Waals surface area (Å²) in [6.07, 6.45) is 4.02. The van der Waals surface area contributed by atoms with Crippen molar-refractivity contribution in [3.8, 4) is 10.7 Å². The lowest BCUT2D eigenvalue weighted by Crippen LogP contribution is -2.39. The minimum atomic E-state index is 0.170. The first-order valence-corrected chi connectivity index (χ1v) is 9.19. The van der Waals surface area contributed by atoms with E-state index in [0.29, 0.717) is 24.6 Å². The van der Waals surface area contributed by atoms with Gasteiger partial charge in [-0.15, -0.1) is 11.3 Å². The van der Waals surface area contributed by atoms with Gasteiger partial charge in [0, 0.05) is 25.4 Å². The molecule has 0 aliphatic rings. The number of carbonyl (C=O) groups is 1. The minimum absolute atomic E-state index is 0.170. The van der Waals surface area contributed by atoms with Gasteiger partial charge in [-0.3, -0.25) is 4.79 Å². The number of hydrogen-bond acceptors (Lipinski definition) is 5. The van der Waals surface area contributed by atoms with Gasteiger partial charge < -0.3 is 9.42 Å². The zero-order valence-corrected chi connectivity index (χ0v) is 14.9.